The number of hydrogen-bond acceptors (Lipinski definition) is 0. The van der Waals surface area contributed by atoms with Gasteiger partial charge in [-0.1, -0.05) is 69.3 Å². The van der Waals surface area contributed by atoms with Crippen LogP contribution in [0.2, 0.25) is 0 Å². The summed E-state index contributed by atoms with van der Waals surface area (Å²) in [4.78, 5) is 4.06. The molecule has 0 aliphatic carbocycles. The lowest BCUT2D eigenvalue weighted by Gasteiger charge is -2.25. The van der Waals surface area contributed by atoms with Crippen LogP contribution in [0.15, 0.2) is 48.5 Å². The van der Waals surface area contributed by atoms with Crippen molar-refractivity contribution < 1.29 is 0 Å². The first-order valence-corrected chi connectivity index (χ1v) is 9.84. The van der Waals surface area contributed by atoms with Crippen LogP contribution in [0.25, 0.3) is 27.1 Å². The Morgan fingerprint density at radius 2 is 1.04 bits per heavy atom. The average molecular weight is 368 g/mol. The van der Waals surface area contributed by atoms with E-state index in [0.29, 0.717) is 0 Å². The molecule has 3 aromatic carbocycles. The summed E-state index contributed by atoms with van der Waals surface area (Å²) < 4.78 is 0. The first-order chi connectivity index (χ1) is 13.1. The molecule has 0 spiro atoms. The highest BCUT2D eigenvalue weighted by atomic mass is 14.7. The molecule has 142 valence electrons. The van der Waals surface area contributed by atoms with Gasteiger partial charge in [0.25, 0.3) is 0 Å². The van der Waals surface area contributed by atoms with Gasteiger partial charge >= 0.3 is 0 Å². The second-order valence-electron chi connectivity index (χ2n) is 8.82. The predicted molar refractivity (Wildman–Crippen MR) is 121 cm³/mol. The first-order valence-electron chi connectivity index (χ1n) is 9.84. The van der Waals surface area contributed by atoms with E-state index >= 15 is 0 Å². The zero-order valence-electron chi connectivity index (χ0n) is 18.1. The normalized spacial score (nSPS) is 11.4. The molecule has 0 bridgehead atoms. The predicted octanol–water partition coefficient (Wildman–Crippen LogP) is 8.10. The number of nitrogens with zero attached hydrogens (tertiary/aromatic N) is 1. The Hall–Kier alpha value is -2.85. The maximum absolute atomic E-state index is 8.06. The van der Waals surface area contributed by atoms with Crippen molar-refractivity contribution in [1.82, 2.24) is 0 Å². The summed E-state index contributed by atoms with van der Waals surface area (Å²) >= 11 is 0. The summed E-state index contributed by atoms with van der Waals surface area (Å²) in [5.41, 5.74) is 11.3. The number of hydrogen-bond donors (Lipinski definition) is 0. The molecule has 1 heteroatoms. The average Bonchev–Trinajstić information content (AvgIpc) is 2.60. The van der Waals surface area contributed by atoms with Crippen LogP contribution in [0.4, 0.5) is 5.69 Å². The summed E-state index contributed by atoms with van der Waals surface area (Å²) in [6.45, 7) is 23.3. The molecule has 1 nitrogen and oxygen atoms in total. The van der Waals surface area contributed by atoms with Gasteiger partial charge in [0.15, 0.2) is 0 Å². The molecule has 0 saturated carbocycles. The van der Waals surface area contributed by atoms with E-state index in [-0.39, 0.29) is 5.41 Å². The van der Waals surface area contributed by atoms with Crippen LogP contribution in [-0.4, -0.2) is 0 Å². The quantitative estimate of drug-likeness (QED) is 0.403. The third kappa shape index (κ3) is 3.48. The SMILES string of the molecule is [C-]#[N+]c1c(-c2c(C)cccc2C)cc(C(C)(C)C)cc1-c1c(C)cccc1C. The van der Waals surface area contributed by atoms with Crippen LogP contribution >= 0.6 is 0 Å². The van der Waals surface area contributed by atoms with E-state index in [9.17, 15) is 0 Å². The molecular weight excluding hydrogens is 338 g/mol. The van der Waals surface area contributed by atoms with Crippen LogP contribution in [0.1, 0.15) is 48.6 Å². The van der Waals surface area contributed by atoms with Crippen LogP contribution < -0.4 is 0 Å². The number of aryl methyl sites for hydroxylation is 4. The van der Waals surface area contributed by atoms with Crippen molar-refractivity contribution in [2.24, 2.45) is 0 Å². The Kier molecular flexibility index (Phi) is 5.18. The summed E-state index contributed by atoms with van der Waals surface area (Å²) in [6, 6.07) is 17.2. The third-order valence-electron chi connectivity index (χ3n) is 5.59. The fourth-order valence-corrected chi connectivity index (χ4v) is 4.05. The van der Waals surface area contributed by atoms with E-state index in [1.807, 2.05) is 0 Å². The fraction of sp³-hybridized carbons (Fsp3) is 0.296. The lowest BCUT2D eigenvalue weighted by molar-refractivity contribution is 0.591. The molecule has 0 unspecified atom stereocenters. The molecule has 0 N–H and O–H groups in total. The van der Waals surface area contributed by atoms with Gasteiger partial charge in [0.1, 0.15) is 0 Å². The minimum atomic E-state index is -0.00274. The van der Waals surface area contributed by atoms with Gasteiger partial charge in [0.2, 0.25) is 5.69 Å². The highest BCUT2D eigenvalue weighted by Crippen LogP contribution is 2.46. The van der Waals surface area contributed by atoms with Crippen molar-refractivity contribution in [2.45, 2.75) is 53.9 Å². The standard InChI is InChI=1S/C27H29N/c1-17-11-9-12-18(2)24(17)22-15-21(27(5,6)7)16-23(26(22)28-8)25-19(3)13-10-14-20(25)4/h9-16H,1-7H3. The largest absolute Gasteiger partial charge is 0.237 e. The maximum Gasteiger partial charge on any atom is 0.202 e. The van der Waals surface area contributed by atoms with Gasteiger partial charge in [-0.3, -0.25) is 0 Å². The van der Waals surface area contributed by atoms with Gasteiger partial charge < -0.3 is 0 Å². The van der Waals surface area contributed by atoms with Crippen molar-refractivity contribution in [1.29, 1.82) is 0 Å². The van der Waals surface area contributed by atoms with Crippen molar-refractivity contribution in [3.63, 3.8) is 0 Å². The van der Waals surface area contributed by atoms with E-state index in [1.54, 1.807) is 0 Å². The van der Waals surface area contributed by atoms with E-state index in [4.69, 9.17) is 6.57 Å². The second kappa shape index (κ2) is 7.28. The topological polar surface area (TPSA) is 4.36 Å². The molecule has 0 aliphatic heterocycles. The van der Waals surface area contributed by atoms with Gasteiger partial charge in [0, 0.05) is 0 Å². The Labute approximate surface area is 169 Å². The zero-order chi connectivity index (χ0) is 20.6. The molecule has 0 heterocycles. The minimum Gasteiger partial charge on any atom is -0.237 e. The summed E-state index contributed by atoms with van der Waals surface area (Å²) in [5, 5.41) is 0. The molecule has 0 aromatic heterocycles. The Morgan fingerprint density at radius 1 is 0.679 bits per heavy atom. The molecule has 0 saturated heterocycles. The molecule has 3 rings (SSSR count). The molecule has 0 radical (unpaired) electrons. The lowest BCUT2D eigenvalue weighted by atomic mass is 9.80. The first kappa shape index (κ1) is 19.9. The lowest BCUT2D eigenvalue weighted by Crippen LogP contribution is -2.11. The molecule has 0 atom stereocenters. The van der Waals surface area contributed by atoms with E-state index in [1.165, 1.54) is 38.9 Å². The maximum atomic E-state index is 8.06. The van der Waals surface area contributed by atoms with Crippen molar-refractivity contribution >= 4 is 5.69 Å². The number of rotatable bonds is 2. The summed E-state index contributed by atoms with van der Waals surface area (Å²) in [6.07, 6.45) is 0. The van der Waals surface area contributed by atoms with Gasteiger partial charge in [-0.15, -0.1) is 0 Å². The Morgan fingerprint density at radius 3 is 1.32 bits per heavy atom. The van der Waals surface area contributed by atoms with Crippen LogP contribution in [0.5, 0.6) is 0 Å². The van der Waals surface area contributed by atoms with E-state index in [2.05, 4.69) is 102 Å². The highest BCUT2D eigenvalue weighted by molar-refractivity contribution is 5.95. The van der Waals surface area contributed by atoms with Crippen LogP contribution in [0, 0.1) is 34.3 Å². The molecule has 3 aromatic rings. The highest BCUT2D eigenvalue weighted by Gasteiger charge is 2.23. The van der Waals surface area contributed by atoms with Crippen LogP contribution in [-0.2, 0) is 5.41 Å². The van der Waals surface area contributed by atoms with Crippen molar-refractivity contribution in [2.75, 3.05) is 0 Å². The Balaban J connectivity index is 2.50. The molecular formula is C27H29N. The van der Waals surface area contributed by atoms with Gasteiger partial charge in [-0.05, 0) is 83.2 Å². The van der Waals surface area contributed by atoms with Crippen molar-refractivity contribution in [3.05, 3.63) is 87.8 Å². The summed E-state index contributed by atoms with van der Waals surface area (Å²) in [5.74, 6) is 0. The van der Waals surface area contributed by atoms with Crippen LogP contribution in [0.3, 0.4) is 0 Å². The fourth-order valence-electron chi connectivity index (χ4n) is 4.05. The van der Waals surface area contributed by atoms with E-state index < -0.39 is 0 Å². The van der Waals surface area contributed by atoms with E-state index in [0.717, 1.165) is 16.8 Å². The minimum absolute atomic E-state index is 0.00274. The van der Waals surface area contributed by atoms with Gasteiger partial charge in [0.05, 0.1) is 6.57 Å². The molecule has 0 fully saturated rings. The summed E-state index contributed by atoms with van der Waals surface area (Å²) in [7, 11) is 0. The zero-order valence-corrected chi connectivity index (χ0v) is 18.1. The van der Waals surface area contributed by atoms with Gasteiger partial charge in [-0.2, -0.15) is 0 Å². The smallest absolute Gasteiger partial charge is 0.202 e. The second-order valence-corrected chi connectivity index (χ2v) is 8.82. The third-order valence-corrected chi connectivity index (χ3v) is 5.59. The van der Waals surface area contributed by atoms with Crippen molar-refractivity contribution in [3.8, 4) is 22.3 Å². The van der Waals surface area contributed by atoms with Gasteiger partial charge in [-0.25, -0.2) is 4.85 Å². The molecule has 0 aliphatic rings. The Bertz CT molecular complexity index is 975. The molecule has 0 amide bonds. The number of benzene rings is 3. The molecule has 28 heavy (non-hydrogen) atoms. The monoisotopic (exact) mass is 367 g/mol.